The molecule has 0 aromatic heterocycles. The summed E-state index contributed by atoms with van der Waals surface area (Å²) < 4.78 is 0. The number of aromatic hydroxyl groups is 1. The van der Waals surface area contributed by atoms with E-state index in [1.165, 1.54) is 5.56 Å². The zero-order valence-corrected chi connectivity index (χ0v) is 14.8. The number of nitrogens with two attached hydrogens (primary N) is 2. The Morgan fingerprint density at radius 1 is 1.20 bits per heavy atom. The summed E-state index contributed by atoms with van der Waals surface area (Å²) in [6.45, 7) is 1.79. The molecule has 2 aliphatic rings. The topological polar surface area (TPSA) is 102 Å². The minimum absolute atomic E-state index is 0.0839. The summed E-state index contributed by atoms with van der Waals surface area (Å²) >= 11 is 0. The molecule has 134 valence electrons. The van der Waals surface area contributed by atoms with Gasteiger partial charge in [0.15, 0.2) is 0 Å². The van der Waals surface area contributed by atoms with Crippen molar-refractivity contribution in [2.24, 2.45) is 10.9 Å². The summed E-state index contributed by atoms with van der Waals surface area (Å²) in [6, 6.07) is 1.33. The van der Waals surface area contributed by atoms with Crippen LogP contribution in [-0.2, 0) is 12.8 Å². The Labute approximate surface area is 148 Å². The predicted octanol–water partition coefficient (Wildman–Crippen LogP) is 4.18. The summed E-state index contributed by atoms with van der Waals surface area (Å²) in [6.07, 6.45) is 9.57. The van der Waals surface area contributed by atoms with Crippen LogP contribution in [0.2, 0.25) is 0 Å². The monoisotopic (exact) mass is 341 g/mol. The fraction of sp³-hybridized carbons (Fsp3) is 0.500. The van der Waals surface area contributed by atoms with E-state index < -0.39 is 6.04 Å². The first-order chi connectivity index (χ1) is 12.1. The van der Waals surface area contributed by atoms with Crippen LogP contribution >= 0.6 is 0 Å². The number of nitrogen functional groups attached to an aromatic ring is 1. The second-order valence-corrected chi connectivity index (χ2v) is 7.11. The molecule has 3 rings (SSSR count). The quantitative estimate of drug-likeness (QED) is 0.436. The molecule has 1 fully saturated rings. The van der Waals surface area contributed by atoms with Crippen LogP contribution < -0.4 is 11.5 Å². The maximum atomic E-state index is 11.5. The van der Waals surface area contributed by atoms with Crippen LogP contribution in [0.15, 0.2) is 28.6 Å². The van der Waals surface area contributed by atoms with Gasteiger partial charge in [-0.05, 0) is 98.4 Å². The molecule has 1 aromatic carbocycles. The third-order valence-electron chi connectivity index (χ3n) is 5.53. The van der Waals surface area contributed by atoms with E-state index in [1.54, 1.807) is 13.1 Å². The van der Waals surface area contributed by atoms with Crippen molar-refractivity contribution in [1.29, 1.82) is 0 Å². The average Bonchev–Trinajstić information content (AvgIpc) is 2.65. The zero-order chi connectivity index (χ0) is 18.0. The van der Waals surface area contributed by atoms with E-state index in [9.17, 15) is 10.0 Å². The summed E-state index contributed by atoms with van der Waals surface area (Å²) in [5, 5.41) is 14.1. The zero-order valence-electron chi connectivity index (χ0n) is 14.8. The minimum Gasteiger partial charge on any atom is -0.505 e. The van der Waals surface area contributed by atoms with Gasteiger partial charge in [0.05, 0.1) is 5.69 Å². The molecule has 0 amide bonds. The molecule has 0 aliphatic heterocycles. The molecule has 2 aliphatic carbocycles. The van der Waals surface area contributed by atoms with Crippen molar-refractivity contribution in [3.05, 3.63) is 45.0 Å². The van der Waals surface area contributed by atoms with Crippen molar-refractivity contribution >= 4 is 11.3 Å². The maximum Gasteiger partial charge on any atom is 0.146 e. The minimum atomic E-state index is -0.554. The maximum absolute atomic E-state index is 11.5. The molecule has 0 radical (unpaired) electrons. The fourth-order valence-electron chi connectivity index (χ4n) is 4.29. The Balaban J connectivity index is 2.32. The highest BCUT2D eigenvalue weighted by molar-refractivity contribution is 5.85. The third kappa shape index (κ3) is 3.15. The van der Waals surface area contributed by atoms with E-state index in [2.05, 4.69) is 5.18 Å². The molecule has 1 saturated carbocycles. The number of aryl methyl sites for hydroxylation is 1. The number of anilines is 1. The van der Waals surface area contributed by atoms with Crippen molar-refractivity contribution < 1.29 is 5.11 Å². The van der Waals surface area contributed by atoms with Crippen LogP contribution in [0.3, 0.4) is 0 Å². The van der Waals surface area contributed by atoms with E-state index in [1.807, 2.05) is 6.07 Å². The molecular weight excluding hydrogens is 314 g/mol. The van der Waals surface area contributed by atoms with Crippen LogP contribution in [0, 0.1) is 4.91 Å². The van der Waals surface area contributed by atoms with Gasteiger partial charge in [0.25, 0.3) is 0 Å². The second kappa shape index (κ2) is 7.30. The van der Waals surface area contributed by atoms with E-state index in [0.717, 1.165) is 79.2 Å². The highest BCUT2D eigenvalue weighted by Gasteiger charge is 2.29. The molecule has 0 heterocycles. The van der Waals surface area contributed by atoms with Crippen LogP contribution in [-0.4, -0.2) is 11.1 Å². The molecule has 0 unspecified atom stereocenters. The number of phenolic OH excluding ortho intramolecular Hbond substituents is 1. The van der Waals surface area contributed by atoms with Crippen molar-refractivity contribution in [2.75, 3.05) is 5.73 Å². The number of fused-ring (bicyclic) bond motifs is 1. The number of hydrogen-bond donors (Lipinski definition) is 3. The van der Waals surface area contributed by atoms with Gasteiger partial charge in [0.1, 0.15) is 11.8 Å². The highest BCUT2D eigenvalue weighted by atomic mass is 16.3. The van der Waals surface area contributed by atoms with Gasteiger partial charge in [-0.1, -0.05) is 5.18 Å². The number of phenols is 1. The van der Waals surface area contributed by atoms with Gasteiger partial charge in [-0.3, -0.25) is 0 Å². The highest BCUT2D eigenvalue weighted by Crippen LogP contribution is 2.45. The molecule has 0 bridgehead atoms. The van der Waals surface area contributed by atoms with Gasteiger partial charge in [-0.2, -0.15) is 4.91 Å². The van der Waals surface area contributed by atoms with Crippen molar-refractivity contribution in [1.82, 2.24) is 0 Å². The number of hydrogen-bond acceptors (Lipinski definition) is 5. The first-order valence-electron chi connectivity index (χ1n) is 9.18. The summed E-state index contributed by atoms with van der Waals surface area (Å²) in [5.74, 6) is 0.0839. The van der Waals surface area contributed by atoms with Crippen LogP contribution in [0.1, 0.15) is 62.1 Å². The molecule has 0 spiro atoms. The van der Waals surface area contributed by atoms with Gasteiger partial charge in [-0.25, -0.2) is 0 Å². The van der Waals surface area contributed by atoms with Crippen LogP contribution in [0.25, 0.3) is 5.57 Å². The molecule has 0 saturated heterocycles. The number of allylic oxidation sites excluding steroid dienone is 2. The van der Waals surface area contributed by atoms with Gasteiger partial charge in [-0.15, -0.1) is 0 Å². The van der Waals surface area contributed by atoms with Gasteiger partial charge < -0.3 is 16.6 Å². The van der Waals surface area contributed by atoms with E-state index >= 15 is 0 Å². The average molecular weight is 341 g/mol. The molecule has 1 atom stereocenters. The first kappa shape index (κ1) is 17.5. The lowest BCUT2D eigenvalue weighted by Crippen LogP contribution is -2.15. The van der Waals surface area contributed by atoms with Crippen molar-refractivity contribution in [3.63, 3.8) is 0 Å². The van der Waals surface area contributed by atoms with Gasteiger partial charge >= 0.3 is 0 Å². The summed E-state index contributed by atoms with van der Waals surface area (Å²) in [5.41, 5.74) is 18.3. The summed E-state index contributed by atoms with van der Waals surface area (Å²) in [7, 11) is 0. The Kier molecular flexibility index (Phi) is 5.11. The lowest BCUT2D eigenvalue weighted by atomic mass is 9.78. The van der Waals surface area contributed by atoms with Gasteiger partial charge in [0.2, 0.25) is 0 Å². The van der Waals surface area contributed by atoms with E-state index in [-0.39, 0.29) is 5.75 Å². The predicted molar refractivity (Wildman–Crippen MR) is 102 cm³/mol. The van der Waals surface area contributed by atoms with Crippen molar-refractivity contribution in [2.45, 2.75) is 64.3 Å². The SMILES string of the molecule is C[C@H](N=O)/C(=C1/CCCC/C1=C/N)c1c(O)c(N)cc2c1CCCC2. The Morgan fingerprint density at radius 2 is 1.88 bits per heavy atom. The summed E-state index contributed by atoms with van der Waals surface area (Å²) in [4.78, 5) is 11.5. The van der Waals surface area contributed by atoms with Crippen LogP contribution in [0.4, 0.5) is 5.69 Å². The molecule has 5 nitrogen and oxygen atoms in total. The molecule has 1 aromatic rings. The molecule has 25 heavy (non-hydrogen) atoms. The molecular formula is C20H27N3O2. The van der Waals surface area contributed by atoms with Crippen molar-refractivity contribution in [3.8, 4) is 5.75 Å². The van der Waals surface area contributed by atoms with Crippen LogP contribution in [0.5, 0.6) is 5.75 Å². The van der Waals surface area contributed by atoms with Gasteiger partial charge in [0, 0.05) is 5.56 Å². The lowest BCUT2D eigenvalue weighted by Gasteiger charge is -2.28. The molecule has 5 N–H and O–H groups in total. The number of nitroso groups, excluding NO2 is 1. The lowest BCUT2D eigenvalue weighted by molar-refractivity contribution is 0.473. The Hall–Kier alpha value is -2.30. The fourth-order valence-corrected chi connectivity index (χ4v) is 4.29. The molecule has 5 heteroatoms. The number of nitrogens with zero attached hydrogens (tertiary/aromatic N) is 1. The number of benzene rings is 1. The first-order valence-corrected chi connectivity index (χ1v) is 9.18. The third-order valence-corrected chi connectivity index (χ3v) is 5.53. The second-order valence-electron chi connectivity index (χ2n) is 7.11. The van der Waals surface area contributed by atoms with E-state index in [0.29, 0.717) is 5.69 Å². The van der Waals surface area contributed by atoms with E-state index in [4.69, 9.17) is 11.5 Å². The largest absolute Gasteiger partial charge is 0.505 e. The Bertz CT molecular complexity index is 750. The number of rotatable bonds is 3. The Morgan fingerprint density at radius 3 is 2.60 bits per heavy atom. The standard InChI is InChI=1S/C20H27N3O2/c1-12(23-25)18(16-9-5-3-7-14(16)11-21)19-15-8-4-2-6-13(15)10-17(22)20(19)24/h10-12,24H,2-9,21-22H2,1H3/b14-11-,18-16+/t12-/m0/s1. The normalized spacial score (nSPS) is 22.4. The smallest absolute Gasteiger partial charge is 0.146 e.